The van der Waals surface area contributed by atoms with E-state index in [2.05, 4.69) is 9.89 Å². The van der Waals surface area contributed by atoms with Crippen molar-refractivity contribution in [3.05, 3.63) is 59.9 Å². The average Bonchev–Trinajstić information content (AvgIpc) is 3.02. The van der Waals surface area contributed by atoms with Gasteiger partial charge < -0.3 is 4.74 Å². The lowest BCUT2D eigenvalue weighted by atomic mass is 9.97. The number of carbonyl (C=O) groups excluding carboxylic acids is 2. The SMILES string of the molecule is CCOC(=O)C1CCN(CN2C(=O)C(=Nc3ccc(F)cc3)c3ccccc32)CC1. The first-order chi connectivity index (χ1) is 14.6. The summed E-state index contributed by atoms with van der Waals surface area (Å²) in [7, 11) is 0. The maximum absolute atomic E-state index is 13.2. The van der Waals surface area contributed by atoms with Gasteiger partial charge in [-0.3, -0.25) is 19.4 Å². The monoisotopic (exact) mass is 409 g/mol. The van der Waals surface area contributed by atoms with Crippen molar-refractivity contribution in [1.29, 1.82) is 0 Å². The summed E-state index contributed by atoms with van der Waals surface area (Å²) in [5.41, 5.74) is 2.48. The van der Waals surface area contributed by atoms with Crippen molar-refractivity contribution in [2.45, 2.75) is 19.8 Å². The van der Waals surface area contributed by atoms with Crippen LogP contribution in [0.1, 0.15) is 25.3 Å². The third-order valence-electron chi connectivity index (χ3n) is 5.51. The van der Waals surface area contributed by atoms with E-state index in [0.29, 0.717) is 24.7 Å². The number of carbonyl (C=O) groups is 2. The number of aliphatic imine (C=N–C) groups is 1. The van der Waals surface area contributed by atoms with E-state index in [1.807, 2.05) is 31.2 Å². The molecule has 2 aliphatic heterocycles. The molecule has 0 aromatic heterocycles. The minimum absolute atomic E-state index is 0.0710. The Hall–Kier alpha value is -3.06. The Labute approximate surface area is 175 Å². The maximum atomic E-state index is 13.2. The molecular weight excluding hydrogens is 385 g/mol. The van der Waals surface area contributed by atoms with E-state index in [-0.39, 0.29) is 23.6 Å². The van der Waals surface area contributed by atoms with E-state index in [4.69, 9.17) is 4.74 Å². The van der Waals surface area contributed by atoms with Gasteiger partial charge in [-0.05, 0) is 50.1 Å². The molecule has 6 nitrogen and oxygen atoms in total. The van der Waals surface area contributed by atoms with Crippen molar-refractivity contribution in [2.24, 2.45) is 10.9 Å². The highest BCUT2D eigenvalue weighted by atomic mass is 19.1. The molecule has 2 aliphatic rings. The van der Waals surface area contributed by atoms with Crippen molar-refractivity contribution in [2.75, 3.05) is 31.3 Å². The number of fused-ring (bicyclic) bond motifs is 1. The number of para-hydroxylation sites is 1. The van der Waals surface area contributed by atoms with E-state index < -0.39 is 0 Å². The van der Waals surface area contributed by atoms with Gasteiger partial charge in [0.2, 0.25) is 0 Å². The van der Waals surface area contributed by atoms with Crippen molar-refractivity contribution >= 4 is 29.0 Å². The molecular formula is C23H24FN3O3. The molecule has 0 unspecified atom stereocenters. The Morgan fingerprint density at radius 1 is 1.13 bits per heavy atom. The Morgan fingerprint density at radius 3 is 2.53 bits per heavy atom. The second-order valence-electron chi connectivity index (χ2n) is 7.47. The summed E-state index contributed by atoms with van der Waals surface area (Å²) in [6.45, 7) is 4.09. The summed E-state index contributed by atoms with van der Waals surface area (Å²) in [5.74, 6) is -0.718. The number of ether oxygens (including phenoxy) is 1. The van der Waals surface area contributed by atoms with Gasteiger partial charge in [0.15, 0.2) is 0 Å². The van der Waals surface area contributed by atoms with Crippen LogP contribution in [0.4, 0.5) is 15.8 Å². The highest BCUT2D eigenvalue weighted by Crippen LogP contribution is 2.31. The molecule has 1 amide bonds. The largest absolute Gasteiger partial charge is 0.466 e. The second-order valence-corrected chi connectivity index (χ2v) is 7.47. The predicted molar refractivity (Wildman–Crippen MR) is 112 cm³/mol. The predicted octanol–water partition coefficient (Wildman–Crippen LogP) is 3.53. The Kier molecular flexibility index (Phi) is 5.90. The molecule has 0 atom stereocenters. The third kappa shape index (κ3) is 4.11. The smallest absolute Gasteiger partial charge is 0.309 e. The Morgan fingerprint density at radius 2 is 1.83 bits per heavy atom. The van der Waals surface area contributed by atoms with Crippen LogP contribution in [-0.4, -0.2) is 48.9 Å². The van der Waals surface area contributed by atoms with E-state index in [9.17, 15) is 14.0 Å². The van der Waals surface area contributed by atoms with Crippen molar-refractivity contribution in [1.82, 2.24) is 4.90 Å². The van der Waals surface area contributed by atoms with Crippen LogP contribution in [-0.2, 0) is 14.3 Å². The summed E-state index contributed by atoms with van der Waals surface area (Å²) in [6, 6.07) is 13.3. The van der Waals surface area contributed by atoms with E-state index in [1.165, 1.54) is 12.1 Å². The number of rotatable bonds is 5. The molecule has 156 valence electrons. The molecule has 0 radical (unpaired) electrons. The van der Waals surface area contributed by atoms with Gasteiger partial charge >= 0.3 is 5.97 Å². The van der Waals surface area contributed by atoms with Crippen LogP contribution in [0.3, 0.4) is 0 Å². The number of piperidine rings is 1. The summed E-state index contributed by atoms with van der Waals surface area (Å²) < 4.78 is 18.3. The topological polar surface area (TPSA) is 62.2 Å². The molecule has 0 bridgehead atoms. The third-order valence-corrected chi connectivity index (χ3v) is 5.51. The van der Waals surface area contributed by atoms with Crippen LogP contribution in [0.15, 0.2) is 53.5 Å². The first kappa shape index (κ1) is 20.2. The fourth-order valence-electron chi connectivity index (χ4n) is 3.93. The van der Waals surface area contributed by atoms with Gasteiger partial charge in [0, 0.05) is 18.7 Å². The first-order valence-corrected chi connectivity index (χ1v) is 10.2. The zero-order valence-corrected chi connectivity index (χ0v) is 16.9. The molecule has 1 fully saturated rings. The number of nitrogens with zero attached hydrogens (tertiary/aromatic N) is 3. The van der Waals surface area contributed by atoms with E-state index >= 15 is 0 Å². The summed E-state index contributed by atoms with van der Waals surface area (Å²) in [5, 5.41) is 0. The lowest BCUT2D eigenvalue weighted by Crippen LogP contribution is -2.45. The normalized spacial score (nSPS) is 18.7. The molecule has 0 spiro atoms. The molecule has 4 rings (SSSR count). The molecule has 0 aliphatic carbocycles. The van der Waals surface area contributed by atoms with Crippen LogP contribution in [0, 0.1) is 11.7 Å². The minimum atomic E-state index is -0.343. The fraction of sp³-hybridized carbons (Fsp3) is 0.348. The number of amides is 1. The highest BCUT2D eigenvalue weighted by molar-refractivity contribution is 6.54. The van der Waals surface area contributed by atoms with Gasteiger partial charge in [0.05, 0.1) is 30.6 Å². The van der Waals surface area contributed by atoms with Gasteiger partial charge in [-0.25, -0.2) is 9.38 Å². The van der Waals surface area contributed by atoms with Crippen molar-refractivity contribution in [3.8, 4) is 0 Å². The lowest BCUT2D eigenvalue weighted by molar-refractivity contribution is -0.149. The molecule has 30 heavy (non-hydrogen) atoms. The molecule has 0 N–H and O–H groups in total. The molecule has 2 heterocycles. The number of hydrogen-bond acceptors (Lipinski definition) is 5. The van der Waals surface area contributed by atoms with Gasteiger partial charge in [-0.15, -0.1) is 0 Å². The van der Waals surface area contributed by atoms with Crippen LogP contribution in [0.2, 0.25) is 0 Å². The van der Waals surface area contributed by atoms with Gasteiger partial charge in [-0.2, -0.15) is 0 Å². The van der Waals surface area contributed by atoms with Crippen LogP contribution < -0.4 is 4.90 Å². The number of esters is 1. The zero-order chi connectivity index (χ0) is 21.1. The summed E-state index contributed by atoms with van der Waals surface area (Å²) in [6.07, 6.45) is 1.44. The van der Waals surface area contributed by atoms with Crippen LogP contribution in [0.25, 0.3) is 0 Å². The van der Waals surface area contributed by atoms with Gasteiger partial charge in [0.25, 0.3) is 5.91 Å². The molecule has 0 saturated carbocycles. The molecule has 7 heteroatoms. The van der Waals surface area contributed by atoms with Gasteiger partial charge in [0.1, 0.15) is 11.5 Å². The standard InChI is InChI=1S/C23H24FN3O3/c1-2-30-23(29)16-11-13-26(14-12-16)15-27-20-6-4-3-5-19(20)21(22(27)28)25-18-9-7-17(24)8-10-18/h3-10,16H,2,11-15H2,1H3. The minimum Gasteiger partial charge on any atom is -0.466 e. The second kappa shape index (κ2) is 8.75. The quantitative estimate of drug-likeness (QED) is 0.709. The number of hydrogen-bond donors (Lipinski definition) is 0. The lowest BCUT2D eigenvalue weighted by Gasteiger charge is -2.33. The Bertz CT molecular complexity index is 966. The highest BCUT2D eigenvalue weighted by Gasteiger charge is 2.36. The van der Waals surface area contributed by atoms with Gasteiger partial charge in [-0.1, -0.05) is 18.2 Å². The van der Waals surface area contributed by atoms with Crippen LogP contribution in [0.5, 0.6) is 0 Å². The summed E-state index contributed by atoms with van der Waals surface area (Å²) >= 11 is 0. The average molecular weight is 409 g/mol. The number of likely N-dealkylation sites (tertiary alicyclic amines) is 1. The fourth-order valence-corrected chi connectivity index (χ4v) is 3.93. The first-order valence-electron chi connectivity index (χ1n) is 10.2. The van der Waals surface area contributed by atoms with E-state index in [0.717, 1.165) is 37.2 Å². The number of halogens is 1. The van der Waals surface area contributed by atoms with E-state index in [1.54, 1.807) is 17.0 Å². The Balaban J connectivity index is 1.50. The number of anilines is 1. The summed E-state index contributed by atoms with van der Waals surface area (Å²) in [4.78, 5) is 33.5. The molecule has 2 aromatic carbocycles. The molecule has 2 aromatic rings. The zero-order valence-electron chi connectivity index (χ0n) is 16.9. The van der Waals surface area contributed by atoms with Crippen LogP contribution >= 0.6 is 0 Å². The molecule has 1 saturated heterocycles. The number of benzene rings is 2. The van der Waals surface area contributed by atoms with Crippen molar-refractivity contribution < 1.29 is 18.7 Å². The maximum Gasteiger partial charge on any atom is 0.309 e. The van der Waals surface area contributed by atoms with Crippen molar-refractivity contribution in [3.63, 3.8) is 0 Å².